The number of halogens is 1. The highest BCUT2D eigenvalue weighted by Crippen LogP contribution is 2.36. The summed E-state index contributed by atoms with van der Waals surface area (Å²) in [6.45, 7) is 0. The first-order chi connectivity index (χ1) is 12.8. The van der Waals surface area contributed by atoms with Crippen LogP contribution in [0.4, 0.5) is 4.39 Å². The Balaban J connectivity index is 2.12. The quantitative estimate of drug-likeness (QED) is 0.689. The predicted octanol–water partition coefficient (Wildman–Crippen LogP) is 3.77. The Kier molecular flexibility index (Phi) is 5.00. The SMILES string of the molecule is COc1c(-c2ccoc2)ccc(CS(=O)(=O)c2cccc(F)c2)c1C(=O)O. The summed E-state index contributed by atoms with van der Waals surface area (Å²) in [5.41, 5.74) is 0.816. The maximum absolute atomic E-state index is 13.4. The van der Waals surface area contributed by atoms with Crippen LogP contribution < -0.4 is 4.74 Å². The molecule has 0 amide bonds. The molecule has 3 rings (SSSR count). The maximum Gasteiger partial charge on any atom is 0.339 e. The number of ether oxygens (including phenoxy) is 1. The van der Waals surface area contributed by atoms with Crippen molar-refractivity contribution in [3.63, 3.8) is 0 Å². The van der Waals surface area contributed by atoms with Gasteiger partial charge in [-0.05, 0) is 29.8 Å². The highest BCUT2D eigenvalue weighted by Gasteiger charge is 2.25. The zero-order chi connectivity index (χ0) is 19.6. The van der Waals surface area contributed by atoms with E-state index in [-0.39, 0.29) is 21.8 Å². The summed E-state index contributed by atoms with van der Waals surface area (Å²) < 4.78 is 48.9. The lowest BCUT2D eigenvalue weighted by Gasteiger charge is -2.15. The molecule has 0 atom stereocenters. The predicted molar refractivity (Wildman–Crippen MR) is 94.9 cm³/mol. The molecule has 2 aromatic carbocycles. The molecule has 0 unspecified atom stereocenters. The first kappa shape index (κ1) is 18.7. The Labute approximate surface area is 154 Å². The third kappa shape index (κ3) is 3.70. The lowest BCUT2D eigenvalue weighted by atomic mass is 9.99. The average Bonchev–Trinajstić information content (AvgIpc) is 3.15. The molecule has 27 heavy (non-hydrogen) atoms. The summed E-state index contributed by atoms with van der Waals surface area (Å²) in [5, 5.41) is 9.65. The van der Waals surface area contributed by atoms with E-state index in [1.54, 1.807) is 12.1 Å². The monoisotopic (exact) mass is 390 g/mol. The van der Waals surface area contributed by atoms with Gasteiger partial charge >= 0.3 is 5.97 Å². The van der Waals surface area contributed by atoms with Crippen molar-refractivity contribution >= 4 is 15.8 Å². The number of carbonyl (C=O) groups is 1. The van der Waals surface area contributed by atoms with Gasteiger partial charge in [0, 0.05) is 11.1 Å². The second-order valence-electron chi connectivity index (χ2n) is 5.71. The number of hydrogen-bond donors (Lipinski definition) is 1. The van der Waals surface area contributed by atoms with E-state index in [4.69, 9.17) is 9.15 Å². The molecule has 6 nitrogen and oxygen atoms in total. The van der Waals surface area contributed by atoms with Gasteiger partial charge in [-0.2, -0.15) is 0 Å². The fraction of sp³-hybridized carbons (Fsp3) is 0.105. The van der Waals surface area contributed by atoms with Crippen LogP contribution in [0.2, 0.25) is 0 Å². The van der Waals surface area contributed by atoms with Gasteiger partial charge in [0.05, 0.1) is 30.3 Å². The third-order valence-corrected chi connectivity index (χ3v) is 5.66. The molecular formula is C19H15FO6S. The van der Waals surface area contributed by atoms with E-state index in [0.717, 1.165) is 12.1 Å². The van der Waals surface area contributed by atoms with Gasteiger partial charge in [-0.15, -0.1) is 0 Å². The third-order valence-electron chi connectivity index (χ3n) is 3.99. The van der Waals surface area contributed by atoms with Crippen LogP contribution in [0.25, 0.3) is 11.1 Å². The molecule has 0 spiro atoms. The summed E-state index contributed by atoms with van der Waals surface area (Å²) in [7, 11) is -2.66. The van der Waals surface area contributed by atoms with Crippen molar-refractivity contribution in [3.8, 4) is 16.9 Å². The molecule has 3 aromatic rings. The highest BCUT2D eigenvalue weighted by atomic mass is 32.2. The summed E-state index contributed by atoms with van der Waals surface area (Å²) in [4.78, 5) is 11.6. The van der Waals surface area contributed by atoms with Gasteiger partial charge in [-0.3, -0.25) is 0 Å². The maximum atomic E-state index is 13.4. The first-order valence-electron chi connectivity index (χ1n) is 7.77. The minimum atomic E-state index is -3.96. The molecule has 1 N–H and O–H groups in total. The summed E-state index contributed by atoms with van der Waals surface area (Å²) in [6, 6.07) is 9.17. The van der Waals surface area contributed by atoms with E-state index in [0.29, 0.717) is 11.1 Å². The first-order valence-corrected chi connectivity index (χ1v) is 9.43. The largest absolute Gasteiger partial charge is 0.495 e. The number of carboxylic acids is 1. The highest BCUT2D eigenvalue weighted by molar-refractivity contribution is 7.90. The second-order valence-corrected chi connectivity index (χ2v) is 7.70. The van der Waals surface area contributed by atoms with Crippen LogP contribution in [0.1, 0.15) is 15.9 Å². The van der Waals surface area contributed by atoms with Gasteiger partial charge in [0.1, 0.15) is 17.1 Å². The number of carboxylic acid groups (broad SMARTS) is 1. The summed E-state index contributed by atoms with van der Waals surface area (Å²) in [5.74, 6) is -2.61. The lowest BCUT2D eigenvalue weighted by Crippen LogP contribution is -2.12. The Morgan fingerprint density at radius 1 is 1.22 bits per heavy atom. The molecule has 0 aliphatic carbocycles. The van der Waals surface area contributed by atoms with Crippen molar-refractivity contribution in [1.29, 1.82) is 0 Å². The standard InChI is InChI=1S/C19H15FO6S/c1-25-18-16(12-7-8-26-10-12)6-5-13(17(18)19(21)22)11-27(23,24)15-4-2-3-14(20)9-15/h2-10H,11H2,1H3,(H,21,22). The number of rotatable bonds is 6. The Morgan fingerprint density at radius 3 is 2.59 bits per heavy atom. The zero-order valence-electron chi connectivity index (χ0n) is 14.2. The summed E-state index contributed by atoms with van der Waals surface area (Å²) >= 11 is 0. The van der Waals surface area contributed by atoms with Gasteiger partial charge in [-0.1, -0.05) is 18.2 Å². The molecule has 0 aliphatic heterocycles. The fourth-order valence-electron chi connectivity index (χ4n) is 2.78. The molecule has 140 valence electrons. The zero-order valence-corrected chi connectivity index (χ0v) is 15.0. The molecule has 0 saturated carbocycles. The number of aromatic carboxylic acids is 1. The van der Waals surface area contributed by atoms with E-state index in [1.165, 1.54) is 37.8 Å². The number of methoxy groups -OCH3 is 1. The van der Waals surface area contributed by atoms with Crippen molar-refractivity contribution in [3.05, 3.63) is 71.9 Å². The molecule has 0 radical (unpaired) electrons. The Morgan fingerprint density at radius 2 is 2.00 bits per heavy atom. The van der Waals surface area contributed by atoms with Gasteiger partial charge in [0.25, 0.3) is 0 Å². The molecule has 8 heteroatoms. The van der Waals surface area contributed by atoms with Crippen LogP contribution in [0.5, 0.6) is 5.75 Å². The van der Waals surface area contributed by atoms with Crippen molar-refractivity contribution in [2.24, 2.45) is 0 Å². The van der Waals surface area contributed by atoms with Gasteiger partial charge in [-0.25, -0.2) is 17.6 Å². The number of benzene rings is 2. The average molecular weight is 390 g/mol. The van der Waals surface area contributed by atoms with E-state index in [1.807, 2.05) is 0 Å². The minimum absolute atomic E-state index is 0.0239. The Hall–Kier alpha value is -3.13. The smallest absolute Gasteiger partial charge is 0.339 e. The topological polar surface area (TPSA) is 93.8 Å². The van der Waals surface area contributed by atoms with E-state index < -0.39 is 27.4 Å². The van der Waals surface area contributed by atoms with Gasteiger partial charge in [0.2, 0.25) is 0 Å². The fourth-order valence-corrected chi connectivity index (χ4v) is 4.18. The molecule has 0 fully saturated rings. The van der Waals surface area contributed by atoms with Crippen LogP contribution in [0.15, 0.2) is 64.3 Å². The summed E-state index contributed by atoms with van der Waals surface area (Å²) in [6.07, 6.45) is 2.85. The lowest BCUT2D eigenvalue weighted by molar-refractivity contribution is 0.0692. The second kappa shape index (κ2) is 7.24. The number of hydrogen-bond acceptors (Lipinski definition) is 5. The number of sulfone groups is 1. The van der Waals surface area contributed by atoms with E-state index in [9.17, 15) is 22.7 Å². The van der Waals surface area contributed by atoms with Gasteiger partial charge in [0.15, 0.2) is 9.84 Å². The normalized spacial score (nSPS) is 11.3. The minimum Gasteiger partial charge on any atom is -0.495 e. The molecule has 0 saturated heterocycles. The van der Waals surface area contributed by atoms with Crippen molar-refractivity contribution < 1.29 is 31.9 Å². The molecule has 0 bridgehead atoms. The van der Waals surface area contributed by atoms with Crippen LogP contribution in [0, 0.1) is 5.82 Å². The van der Waals surface area contributed by atoms with Crippen molar-refractivity contribution in [1.82, 2.24) is 0 Å². The van der Waals surface area contributed by atoms with Crippen LogP contribution >= 0.6 is 0 Å². The van der Waals surface area contributed by atoms with E-state index in [2.05, 4.69) is 0 Å². The molecule has 1 heterocycles. The Bertz CT molecular complexity index is 1090. The van der Waals surface area contributed by atoms with Gasteiger partial charge < -0.3 is 14.3 Å². The number of furan rings is 1. The molecule has 1 aromatic heterocycles. The van der Waals surface area contributed by atoms with E-state index >= 15 is 0 Å². The molecular weight excluding hydrogens is 375 g/mol. The van der Waals surface area contributed by atoms with Crippen LogP contribution in [-0.4, -0.2) is 26.6 Å². The van der Waals surface area contributed by atoms with Crippen LogP contribution in [0.3, 0.4) is 0 Å². The van der Waals surface area contributed by atoms with Crippen molar-refractivity contribution in [2.45, 2.75) is 10.6 Å². The van der Waals surface area contributed by atoms with Crippen LogP contribution in [-0.2, 0) is 15.6 Å². The molecule has 0 aliphatic rings. The van der Waals surface area contributed by atoms with Crippen molar-refractivity contribution in [2.75, 3.05) is 7.11 Å².